The van der Waals surface area contributed by atoms with Crippen molar-refractivity contribution in [3.8, 4) is 5.69 Å². The summed E-state index contributed by atoms with van der Waals surface area (Å²) in [6.07, 6.45) is 5.14. The van der Waals surface area contributed by atoms with Crippen molar-refractivity contribution >= 4 is 15.7 Å². The molecule has 0 spiro atoms. The first kappa shape index (κ1) is 22.2. The number of rotatable bonds is 8. The Morgan fingerprint density at radius 1 is 1.28 bits per heavy atom. The van der Waals surface area contributed by atoms with Crippen LogP contribution in [0.5, 0.6) is 0 Å². The molecule has 1 saturated heterocycles. The number of nitrogens with zero attached hydrogens (tertiary/aromatic N) is 5. The second-order valence-corrected chi connectivity index (χ2v) is 10.4. The third-order valence-electron chi connectivity index (χ3n) is 5.98. The molecular weight excluding hydrogens is 430 g/mol. The van der Waals surface area contributed by atoms with Gasteiger partial charge in [0, 0.05) is 12.1 Å². The molecular formula is C22H27N5O4S. The van der Waals surface area contributed by atoms with E-state index < -0.39 is 9.84 Å². The van der Waals surface area contributed by atoms with E-state index in [1.165, 1.54) is 6.33 Å². The average Bonchev–Trinajstić information content (AvgIpc) is 3.54. The highest BCUT2D eigenvalue weighted by molar-refractivity contribution is 7.91. The van der Waals surface area contributed by atoms with Crippen molar-refractivity contribution in [2.45, 2.75) is 32.0 Å². The van der Waals surface area contributed by atoms with Crippen LogP contribution in [-0.4, -0.2) is 70.0 Å². The summed E-state index contributed by atoms with van der Waals surface area (Å²) < 4.78 is 31.1. The maximum atomic E-state index is 13.3. The van der Waals surface area contributed by atoms with Crippen molar-refractivity contribution in [3.05, 3.63) is 66.6 Å². The Kier molecular flexibility index (Phi) is 6.43. The van der Waals surface area contributed by atoms with Crippen LogP contribution in [0.25, 0.3) is 5.69 Å². The topological polar surface area (TPSA) is 102 Å². The first-order valence-electron chi connectivity index (χ1n) is 10.5. The number of carbonyl (C=O) groups excluding carboxylic acids is 1. The monoisotopic (exact) mass is 457 g/mol. The summed E-state index contributed by atoms with van der Waals surface area (Å²) in [5.74, 6) is 0.644. The summed E-state index contributed by atoms with van der Waals surface area (Å²) in [7, 11) is -1.22. The van der Waals surface area contributed by atoms with Gasteiger partial charge in [-0.05, 0) is 50.2 Å². The van der Waals surface area contributed by atoms with Crippen molar-refractivity contribution in [1.82, 2.24) is 24.6 Å². The first-order valence-corrected chi connectivity index (χ1v) is 12.3. The zero-order valence-corrected chi connectivity index (χ0v) is 19.0. The third kappa shape index (κ3) is 5.08. The number of furan rings is 1. The second-order valence-electron chi connectivity index (χ2n) is 8.18. The molecule has 1 aliphatic rings. The van der Waals surface area contributed by atoms with Crippen molar-refractivity contribution < 1.29 is 17.6 Å². The highest BCUT2D eigenvalue weighted by atomic mass is 32.2. The Labute approximate surface area is 187 Å². The molecule has 0 unspecified atom stereocenters. The number of likely N-dealkylation sites (N-methyl/N-ethyl adjacent to an activating group) is 1. The van der Waals surface area contributed by atoms with Gasteiger partial charge in [0.2, 0.25) is 5.91 Å². The van der Waals surface area contributed by atoms with Crippen molar-refractivity contribution in [2.24, 2.45) is 0 Å². The van der Waals surface area contributed by atoms with Crippen LogP contribution in [-0.2, 0) is 21.2 Å². The van der Waals surface area contributed by atoms with Crippen molar-refractivity contribution in [1.29, 1.82) is 0 Å². The number of carbonyl (C=O) groups is 1. The summed E-state index contributed by atoms with van der Waals surface area (Å²) >= 11 is 0. The van der Waals surface area contributed by atoms with Gasteiger partial charge < -0.3 is 9.32 Å². The van der Waals surface area contributed by atoms with Crippen LogP contribution >= 0.6 is 0 Å². The van der Waals surface area contributed by atoms with Crippen LogP contribution < -0.4 is 0 Å². The number of benzene rings is 1. The van der Waals surface area contributed by atoms with E-state index in [2.05, 4.69) is 10.1 Å². The Balaban J connectivity index is 1.44. The van der Waals surface area contributed by atoms with Crippen LogP contribution in [0.4, 0.5) is 0 Å². The zero-order chi connectivity index (χ0) is 22.7. The Morgan fingerprint density at radius 2 is 2.06 bits per heavy atom. The van der Waals surface area contributed by atoms with E-state index in [0.29, 0.717) is 12.2 Å². The van der Waals surface area contributed by atoms with Crippen LogP contribution in [0.3, 0.4) is 0 Å². The zero-order valence-electron chi connectivity index (χ0n) is 18.2. The van der Waals surface area contributed by atoms with E-state index in [1.54, 1.807) is 34.3 Å². The molecule has 0 bridgehead atoms. The lowest BCUT2D eigenvalue weighted by molar-refractivity contribution is -0.135. The molecule has 4 rings (SSSR count). The normalized spacial score (nSPS) is 18.7. The van der Waals surface area contributed by atoms with Gasteiger partial charge in [0.25, 0.3) is 0 Å². The molecule has 9 nitrogen and oxygen atoms in total. The Hall–Kier alpha value is -2.98. The predicted octanol–water partition coefficient (Wildman–Crippen LogP) is 2.07. The van der Waals surface area contributed by atoms with Crippen LogP contribution in [0.15, 0.2) is 59.7 Å². The Morgan fingerprint density at radius 3 is 2.66 bits per heavy atom. The summed E-state index contributed by atoms with van der Waals surface area (Å²) in [6, 6.07) is 11.2. The summed E-state index contributed by atoms with van der Waals surface area (Å²) in [5.41, 5.74) is 1.97. The van der Waals surface area contributed by atoms with Crippen LogP contribution in [0.2, 0.25) is 0 Å². The van der Waals surface area contributed by atoms with E-state index in [0.717, 1.165) is 11.3 Å². The minimum Gasteiger partial charge on any atom is -0.467 e. The van der Waals surface area contributed by atoms with E-state index in [9.17, 15) is 13.2 Å². The minimum absolute atomic E-state index is 0.00244. The molecule has 0 aliphatic carbocycles. The second kappa shape index (κ2) is 9.25. The fraction of sp³-hybridized carbons (Fsp3) is 0.409. The van der Waals surface area contributed by atoms with Gasteiger partial charge in [0.15, 0.2) is 9.84 Å². The third-order valence-corrected chi connectivity index (χ3v) is 7.73. The summed E-state index contributed by atoms with van der Waals surface area (Å²) in [4.78, 5) is 20.8. The number of amides is 1. The number of hydrogen-bond donors (Lipinski definition) is 0. The van der Waals surface area contributed by atoms with Gasteiger partial charge in [-0.3, -0.25) is 9.69 Å². The number of sulfone groups is 1. The van der Waals surface area contributed by atoms with E-state index in [-0.39, 0.29) is 42.6 Å². The molecule has 1 aliphatic heterocycles. The van der Waals surface area contributed by atoms with E-state index in [4.69, 9.17) is 4.42 Å². The lowest BCUT2D eigenvalue weighted by Gasteiger charge is -2.31. The molecule has 10 heteroatoms. The molecule has 0 N–H and O–H groups in total. The van der Waals surface area contributed by atoms with Gasteiger partial charge in [0.05, 0.1) is 36.5 Å². The fourth-order valence-corrected chi connectivity index (χ4v) is 5.69. The standard InChI is InChI=1S/C22H27N5O4S/c1-17(18-5-7-19(8-6-18)27-16-23-15-24-27)25(2)13-22(28)26(12-21-4-3-10-31-21)20-9-11-32(29,30)14-20/h3-8,10,15-17,20H,9,11-14H2,1-2H3/t17-,20-/m1/s1. The maximum absolute atomic E-state index is 13.3. The van der Waals surface area contributed by atoms with Crippen LogP contribution in [0, 0.1) is 0 Å². The molecule has 32 heavy (non-hydrogen) atoms. The molecule has 1 amide bonds. The fourth-order valence-electron chi connectivity index (χ4n) is 3.96. The predicted molar refractivity (Wildman–Crippen MR) is 119 cm³/mol. The van der Waals surface area contributed by atoms with Gasteiger partial charge in [0.1, 0.15) is 18.4 Å². The Bertz CT molecular complexity index is 1130. The quantitative estimate of drug-likeness (QED) is 0.510. The molecule has 2 aromatic heterocycles. The molecule has 0 radical (unpaired) electrons. The maximum Gasteiger partial charge on any atom is 0.237 e. The van der Waals surface area contributed by atoms with Gasteiger partial charge in [-0.2, -0.15) is 5.10 Å². The largest absolute Gasteiger partial charge is 0.467 e. The number of hydrogen-bond acceptors (Lipinski definition) is 7. The highest BCUT2D eigenvalue weighted by Crippen LogP contribution is 2.23. The molecule has 3 heterocycles. The summed E-state index contributed by atoms with van der Waals surface area (Å²) in [5, 5.41) is 4.13. The molecule has 3 aromatic rings. The lowest BCUT2D eigenvalue weighted by atomic mass is 10.1. The van der Waals surface area contributed by atoms with Gasteiger partial charge in [-0.25, -0.2) is 18.1 Å². The molecule has 2 atom stereocenters. The van der Waals surface area contributed by atoms with Gasteiger partial charge in [-0.1, -0.05) is 12.1 Å². The van der Waals surface area contributed by atoms with Crippen LogP contribution in [0.1, 0.15) is 30.7 Å². The lowest BCUT2D eigenvalue weighted by Crippen LogP contribution is -2.45. The van der Waals surface area contributed by atoms with Crippen molar-refractivity contribution in [2.75, 3.05) is 25.1 Å². The smallest absolute Gasteiger partial charge is 0.237 e. The molecule has 1 aromatic carbocycles. The summed E-state index contributed by atoms with van der Waals surface area (Å²) in [6.45, 7) is 2.47. The minimum atomic E-state index is -3.11. The molecule has 1 fully saturated rings. The molecule has 170 valence electrons. The van der Waals surface area contributed by atoms with E-state index >= 15 is 0 Å². The SMILES string of the molecule is C[C@H](c1ccc(-n2cncn2)cc1)N(C)CC(=O)N(Cc1ccco1)[C@@H]1CCS(=O)(=O)C1. The average molecular weight is 458 g/mol. The van der Waals surface area contributed by atoms with Crippen molar-refractivity contribution in [3.63, 3.8) is 0 Å². The highest BCUT2D eigenvalue weighted by Gasteiger charge is 2.35. The molecule has 0 saturated carbocycles. The number of aromatic nitrogens is 3. The van der Waals surface area contributed by atoms with Gasteiger partial charge >= 0.3 is 0 Å². The first-order chi connectivity index (χ1) is 15.3. The van der Waals surface area contributed by atoms with E-state index in [1.807, 2.05) is 43.1 Å². The van der Waals surface area contributed by atoms with Gasteiger partial charge in [-0.15, -0.1) is 0 Å².